The molecule has 0 radical (unpaired) electrons. The first kappa shape index (κ1) is 33.4. The Balaban J connectivity index is 0.00000596. The Labute approximate surface area is 223 Å². The van der Waals surface area contributed by atoms with Gasteiger partial charge in [-0.3, -0.25) is 0 Å². The van der Waals surface area contributed by atoms with Crippen molar-refractivity contribution in [2.75, 3.05) is 0 Å². The maximum absolute atomic E-state index is 12.4. The third-order valence-corrected chi connectivity index (χ3v) is 6.17. The van der Waals surface area contributed by atoms with Gasteiger partial charge in [0.2, 0.25) is 0 Å². The van der Waals surface area contributed by atoms with Crippen molar-refractivity contribution in [1.82, 2.24) is 0 Å². The van der Waals surface area contributed by atoms with E-state index in [4.69, 9.17) is 4.74 Å². The molecular weight excluding hydrogens is 440 g/mol. The van der Waals surface area contributed by atoms with Gasteiger partial charge in [0.15, 0.2) is 0 Å². The summed E-state index contributed by atoms with van der Waals surface area (Å²) in [4.78, 5) is 12.4. The van der Waals surface area contributed by atoms with Crippen molar-refractivity contribution in [3.05, 3.63) is 94.4 Å². The van der Waals surface area contributed by atoms with Crippen molar-refractivity contribution in [3.63, 3.8) is 0 Å². The van der Waals surface area contributed by atoms with Crippen molar-refractivity contribution >= 4 is 5.97 Å². The van der Waals surface area contributed by atoms with Crippen LogP contribution in [0.3, 0.4) is 0 Å². The second kappa shape index (κ2) is 15.5. The van der Waals surface area contributed by atoms with Gasteiger partial charge in [0, 0.05) is 6.08 Å². The third-order valence-electron chi connectivity index (χ3n) is 6.17. The van der Waals surface area contributed by atoms with Crippen LogP contribution >= 0.6 is 0 Å². The van der Waals surface area contributed by atoms with E-state index in [1.54, 1.807) is 6.08 Å². The van der Waals surface area contributed by atoms with Crippen LogP contribution in [0.1, 0.15) is 102 Å². The predicted molar refractivity (Wildman–Crippen MR) is 160 cm³/mol. The van der Waals surface area contributed by atoms with Gasteiger partial charge >= 0.3 is 5.97 Å². The fraction of sp³-hybridized carbons (Fsp3) is 0.500. The van der Waals surface area contributed by atoms with Crippen molar-refractivity contribution in [1.29, 1.82) is 0 Å². The molecule has 0 spiro atoms. The first-order valence-corrected chi connectivity index (χ1v) is 13.3. The van der Waals surface area contributed by atoms with E-state index in [1.807, 2.05) is 39.0 Å². The predicted octanol–water partition coefficient (Wildman–Crippen LogP) is 10.5. The lowest BCUT2D eigenvalue weighted by Crippen LogP contribution is -2.19. The summed E-state index contributed by atoms with van der Waals surface area (Å²) in [6.07, 6.45) is 19.1. The van der Waals surface area contributed by atoms with Gasteiger partial charge in [-0.2, -0.15) is 0 Å². The van der Waals surface area contributed by atoms with E-state index in [-0.39, 0.29) is 10.8 Å². The Morgan fingerprint density at radius 2 is 1.61 bits per heavy atom. The summed E-state index contributed by atoms with van der Waals surface area (Å²) in [6.45, 7) is 29.3. The summed E-state index contributed by atoms with van der Waals surface area (Å²) in [7, 11) is 0. The molecule has 200 valence electrons. The van der Waals surface area contributed by atoms with Crippen LogP contribution in [0.25, 0.3) is 0 Å². The maximum atomic E-state index is 12.4. The molecule has 0 aromatic carbocycles. The van der Waals surface area contributed by atoms with Crippen LogP contribution in [0.4, 0.5) is 0 Å². The fourth-order valence-electron chi connectivity index (χ4n) is 4.40. The molecule has 1 aliphatic carbocycles. The van der Waals surface area contributed by atoms with Gasteiger partial charge in [-0.1, -0.05) is 102 Å². The topological polar surface area (TPSA) is 26.3 Å². The van der Waals surface area contributed by atoms with Gasteiger partial charge in [-0.25, -0.2) is 4.79 Å². The van der Waals surface area contributed by atoms with E-state index in [2.05, 4.69) is 87.1 Å². The number of hydrogen-bond acceptors (Lipinski definition) is 2. The van der Waals surface area contributed by atoms with Crippen LogP contribution in [0.2, 0.25) is 0 Å². The Morgan fingerprint density at radius 1 is 1.00 bits per heavy atom. The SMILES string of the molecule is C=C/C(=C\C(=C(C)C)C(C)(C)C)OC(=O)/C=C(C)/C=C/C=C(C)/C=C/C1=C(C)CCCC1(C)C.CC. The number of carbonyl (C=O) groups excluding carboxylic acids is 1. The summed E-state index contributed by atoms with van der Waals surface area (Å²) in [5, 5.41) is 0. The monoisotopic (exact) mass is 492 g/mol. The minimum absolute atomic E-state index is 0.0470. The molecule has 2 nitrogen and oxygen atoms in total. The van der Waals surface area contributed by atoms with E-state index in [9.17, 15) is 4.79 Å². The highest BCUT2D eigenvalue weighted by molar-refractivity contribution is 5.84. The van der Waals surface area contributed by atoms with E-state index < -0.39 is 5.97 Å². The quantitative estimate of drug-likeness (QED) is 0.146. The average Bonchev–Trinajstić information content (AvgIpc) is 2.75. The number of allylic oxidation sites excluding steroid dienone is 13. The van der Waals surface area contributed by atoms with Crippen molar-refractivity contribution in [2.45, 2.75) is 102 Å². The van der Waals surface area contributed by atoms with Crippen LogP contribution in [-0.2, 0) is 9.53 Å². The van der Waals surface area contributed by atoms with E-state index in [1.165, 1.54) is 47.6 Å². The largest absolute Gasteiger partial charge is 0.423 e. The molecule has 1 rings (SSSR count). The highest BCUT2D eigenvalue weighted by Gasteiger charge is 2.26. The first-order chi connectivity index (χ1) is 16.7. The summed E-state index contributed by atoms with van der Waals surface area (Å²) in [5.74, 6) is 0.0538. The minimum Gasteiger partial charge on any atom is -0.423 e. The van der Waals surface area contributed by atoms with Gasteiger partial charge in [-0.15, -0.1) is 0 Å². The molecule has 0 saturated heterocycles. The number of hydrogen-bond donors (Lipinski definition) is 0. The van der Waals surface area contributed by atoms with Crippen LogP contribution in [0.15, 0.2) is 94.4 Å². The van der Waals surface area contributed by atoms with Crippen LogP contribution < -0.4 is 0 Å². The Kier molecular flexibility index (Phi) is 14.4. The number of ether oxygens (including phenoxy) is 1. The van der Waals surface area contributed by atoms with Gasteiger partial charge in [0.05, 0.1) is 0 Å². The zero-order valence-electron chi connectivity index (χ0n) is 25.3. The molecule has 0 heterocycles. The molecule has 0 atom stereocenters. The minimum atomic E-state index is -0.405. The first-order valence-electron chi connectivity index (χ1n) is 13.3. The molecule has 1 aliphatic rings. The summed E-state index contributed by atoms with van der Waals surface area (Å²) < 4.78 is 5.54. The van der Waals surface area contributed by atoms with Crippen molar-refractivity contribution in [3.8, 4) is 0 Å². The molecule has 0 unspecified atom stereocenters. The second-order valence-corrected chi connectivity index (χ2v) is 11.3. The number of carbonyl (C=O) groups is 1. The molecule has 2 heteroatoms. The van der Waals surface area contributed by atoms with E-state index in [0.29, 0.717) is 5.76 Å². The van der Waals surface area contributed by atoms with Gasteiger partial charge in [-0.05, 0) is 93.6 Å². The second-order valence-electron chi connectivity index (χ2n) is 11.3. The lowest BCUT2D eigenvalue weighted by atomic mass is 9.72. The fourth-order valence-corrected chi connectivity index (χ4v) is 4.40. The third kappa shape index (κ3) is 11.9. The highest BCUT2D eigenvalue weighted by atomic mass is 16.5. The molecule has 0 aromatic rings. The van der Waals surface area contributed by atoms with Crippen LogP contribution in [-0.4, -0.2) is 5.97 Å². The molecule has 0 amide bonds. The zero-order valence-corrected chi connectivity index (χ0v) is 25.3. The van der Waals surface area contributed by atoms with Crippen molar-refractivity contribution in [2.24, 2.45) is 10.8 Å². The average molecular weight is 493 g/mol. The normalized spacial score (nSPS) is 17.2. The Hall–Kier alpha value is -2.61. The molecule has 0 aromatic heterocycles. The molecule has 36 heavy (non-hydrogen) atoms. The lowest BCUT2D eigenvalue weighted by molar-refractivity contribution is -0.133. The van der Waals surface area contributed by atoms with Gasteiger partial charge < -0.3 is 4.74 Å². The highest BCUT2D eigenvalue weighted by Crippen LogP contribution is 2.40. The van der Waals surface area contributed by atoms with E-state index in [0.717, 1.165) is 11.1 Å². The molecule has 0 N–H and O–H groups in total. The molecule has 0 fully saturated rings. The molecule has 0 saturated carbocycles. The molecule has 0 bridgehead atoms. The summed E-state index contributed by atoms with van der Waals surface area (Å²) in [6, 6.07) is 0. The molecular formula is C34H52O2. The van der Waals surface area contributed by atoms with Crippen molar-refractivity contribution < 1.29 is 9.53 Å². The zero-order chi connectivity index (χ0) is 28.1. The Bertz CT molecular complexity index is 973. The van der Waals surface area contributed by atoms with Crippen LogP contribution in [0.5, 0.6) is 0 Å². The van der Waals surface area contributed by atoms with E-state index >= 15 is 0 Å². The lowest BCUT2D eigenvalue weighted by Gasteiger charge is -2.32. The maximum Gasteiger partial charge on any atom is 0.336 e. The smallest absolute Gasteiger partial charge is 0.336 e. The van der Waals surface area contributed by atoms with Gasteiger partial charge in [0.1, 0.15) is 5.76 Å². The standard InChI is InChI=1S/C32H46O2.C2H6/c1-12-27(22-29(23(2)3)31(7,8)9)34-30(33)21-25(5)16-13-15-24(4)18-19-28-26(6)17-14-20-32(28,10)11;1-2/h12-13,15-16,18-19,21-22H,1,14,17,20H2,2-11H3;1-2H3/b16-13+,19-18+,24-15+,25-21+,27-22+;. The summed E-state index contributed by atoms with van der Waals surface area (Å²) in [5.41, 5.74) is 7.47. The Morgan fingerprint density at radius 3 is 2.11 bits per heavy atom. The van der Waals surface area contributed by atoms with Crippen LogP contribution in [0, 0.1) is 10.8 Å². The number of esters is 1. The number of rotatable bonds is 8. The van der Waals surface area contributed by atoms with Gasteiger partial charge in [0.25, 0.3) is 0 Å². The molecule has 0 aliphatic heterocycles. The summed E-state index contributed by atoms with van der Waals surface area (Å²) >= 11 is 0.